The quantitative estimate of drug-likeness (QED) is 0.248. The van der Waals surface area contributed by atoms with Crippen molar-refractivity contribution in [3.05, 3.63) is 89.1 Å². The van der Waals surface area contributed by atoms with E-state index in [4.69, 9.17) is 31.2 Å². The van der Waals surface area contributed by atoms with E-state index in [1.165, 1.54) is 0 Å². The van der Waals surface area contributed by atoms with Gasteiger partial charge in [-0.1, -0.05) is 42.5 Å². The topological polar surface area (TPSA) is 69.3 Å². The van der Waals surface area contributed by atoms with Crippen LogP contribution in [0.4, 0.5) is 0 Å². The molecule has 0 radical (unpaired) electrons. The highest BCUT2D eigenvalue weighted by Crippen LogP contribution is 2.31. The van der Waals surface area contributed by atoms with Gasteiger partial charge in [0.2, 0.25) is 0 Å². The summed E-state index contributed by atoms with van der Waals surface area (Å²) in [5.74, 6) is 2.45. The van der Waals surface area contributed by atoms with Gasteiger partial charge >= 0.3 is 0 Å². The standard InChI is InChI=1S/C30H32N2O5S/c1-4-35-26-13-11-21(18-28(26)36-5-2)15-16-32-29(33)24(31-30(32)38)17-23-12-14-25(27(19-23)34-3)37-20-22-9-7-6-8-10-22/h6-14,17-19H,4-5,15-16,20H2,1-3H3,(H,31,38)/b24-17+. The smallest absolute Gasteiger partial charge is 0.276 e. The van der Waals surface area contributed by atoms with E-state index in [2.05, 4.69) is 5.32 Å². The maximum atomic E-state index is 13.1. The summed E-state index contributed by atoms with van der Waals surface area (Å²) in [6, 6.07) is 21.3. The third kappa shape index (κ3) is 6.63. The van der Waals surface area contributed by atoms with Crippen molar-refractivity contribution >= 4 is 29.3 Å². The minimum atomic E-state index is -0.172. The number of carbonyl (C=O) groups is 1. The molecule has 1 saturated heterocycles. The molecule has 0 spiro atoms. The SMILES string of the molecule is CCOc1ccc(CCN2C(=O)/C(=C\c3ccc(OCc4ccccc4)c(OC)c3)NC2=S)cc1OCC. The normalized spacial score (nSPS) is 14.0. The maximum Gasteiger partial charge on any atom is 0.276 e. The Bertz CT molecular complexity index is 1310. The predicted octanol–water partition coefficient (Wildman–Crippen LogP) is 5.37. The molecule has 1 fully saturated rings. The molecule has 0 bridgehead atoms. The van der Waals surface area contributed by atoms with Crippen LogP contribution in [-0.4, -0.2) is 42.8 Å². The van der Waals surface area contributed by atoms with Crippen LogP contribution in [0.5, 0.6) is 23.0 Å². The Morgan fingerprint density at radius 3 is 2.29 bits per heavy atom. The molecule has 1 N–H and O–H groups in total. The zero-order valence-electron chi connectivity index (χ0n) is 21.9. The molecule has 1 heterocycles. The average Bonchev–Trinajstić information content (AvgIpc) is 3.20. The van der Waals surface area contributed by atoms with E-state index in [1.54, 1.807) is 18.1 Å². The monoisotopic (exact) mass is 532 g/mol. The molecule has 1 aliphatic rings. The van der Waals surface area contributed by atoms with E-state index >= 15 is 0 Å². The Labute approximate surface area is 229 Å². The van der Waals surface area contributed by atoms with Crippen LogP contribution in [0, 0.1) is 0 Å². The minimum Gasteiger partial charge on any atom is -0.493 e. The summed E-state index contributed by atoms with van der Waals surface area (Å²) in [4.78, 5) is 14.7. The molecule has 7 nitrogen and oxygen atoms in total. The van der Waals surface area contributed by atoms with Crippen molar-refractivity contribution in [3.63, 3.8) is 0 Å². The first-order chi connectivity index (χ1) is 18.5. The van der Waals surface area contributed by atoms with E-state index in [0.717, 1.165) is 16.7 Å². The number of methoxy groups -OCH3 is 1. The van der Waals surface area contributed by atoms with E-state index in [9.17, 15) is 4.79 Å². The van der Waals surface area contributed by atoms with Crippen molar-refractivity contribution in [2.75, 3.05) is 26.9 Å². The number of nitrogens with zero attached hydrogens (tertiary/aromatic N) is 1. The summed E-state index contributed by atoms with van der Waals surface area (Å²) >= 11 is 5.46. The van der Waals surface area contributed by atoms with Crippen molar-refractivity contribution in [3.8, 4) is 23.0 Å². The zero-order chi connectivity index (χ0) is 26.9. The van der Waals surface area contributed by atoms with E-state index < -0.39 is 0 Å². The molecule has 3 aromatic rings. The lowest BCUT2D eigenvalue weighted by atomic mass is 10.1. The Morgan fingerprint density at radius 1 is 0.842 bits per heavy atom. The highest BCUT2D eigenvalue weighted by molar-refractivity contribution is 7.80. The second-order valence-corrected chi connectivity index (χ2v) is 8.91. The average molecular weight is 533 g/mol. The first-order valence-electron chi connectivity index (χ1n) is 12.6. The molecule has 4 rings (SSSR count). The van der Waals surface area contributed by atoms with Gasteiger partial charge in [-0.25, -0.2) is 0 Å². The van der Waals surface area contributed by atoms with Crippen molar-refractivity contribution in [1.29, 1.82) is 0 Å². The van der Waals surface area contributed by atoms with Gasteiger partial charge in [0, 0.05) is 6.54 Å². The molecule has 1 amide bonds. The molecule has 0 atom stereocenters. The van der Waals surface area contributed by atoms with Gasteiger partial charge in [0.25, 0.3) is 5.91 Å². The third-order valence-corrected chi connectivity index (χ3v) is 6.25. The van der Waals surface area contributed by atoms with Crippen molar-refractivity contribution in [2.45, 2.75) is 26.9 Å². The maximum absolute atomic E-state index is 13.1. The van der Waals surface area contributed by atoms with Gasteiger partial charge in [0.1, 0.15) is 12.3 Å². The van der Waals surface area contributed by atoms with Crippen LogP contribution in [0.25, 0.3) is 6.08 Å². The summed E-state index contributed by atoms with van der Waals surface area (Å²) in [6.45, 7) is 5.85. The molecule has 38 heavy (non-hydrogen) atoms. The van der Waals surface area contributed by atoms with E-state index in [-0.39, 0.29) is 5.91 Å². The Hall–Kier alpha value is -4.04. The van der Waals surface area contributed by atoms with Gasteiger partial charge in [-0.2, -0.15) is 0 Å². The number of rotatable bonds is 12. The van der Waals surface area contributed by atoms with Crippen molar-refractivity contribution in [2.24, 2.45) is 0 Å². The number of amides is 1. The van der Waals surface area contributed by atoms with Gasteiger partial charge in [0.05, 0.1) is 20.3 Å². The predicted molar refractivity (Wildman–Crippen MR) is 152 cm³/mol. The molecular formula is C30H32N2O5S. The summed E-state index contributed by atoms with van der Waals surface area (Å²) in [5, 5.41) is 3.43. The van der Waals surface area contributed by atoms with Crippen LogP contribution in [0.3, 0.4) is 0 Å². The molecule has 0 aromatic heterocycles. The number of benzene rings is 3. The number of nitrogens with one attached hydrogen (secondary N) is 1. The van der Waals surface area contributed by atoms with Crippen LogP contribution in [0.1, 0.15) is 30.5 Å². The second kappa shape index (κ2) is 13.0. The molecule has 0 aliphatic carbocycles. The van der Waals surface area contributed by atoms with Crippen LogP contribution in [0.15, 0.2) is 72.4 Å². The number of ether oxygens (including phenoxy) is 4. The van der Waals surface area contributed by atoms with Crippen LogP contribution in [0.2, 0.25) is 0 Å². The Balaban J connectivity index is 1.42. The van der Waals surface area contributed by atoms with Crippen LogP contribution in [-0.2, 0) is 17.8 Å². The zero-order valence-corrected chi connectivity index (χ0v) is 22.7. The lowest BCUT2D eigenvalue weighted by Crippen LogP contribution is -2.32. The lowest BCUT2D eigenvalue weighted by Gasteiger charge is -2.16. The number of thiocarbonyl (C=S) groups is 1. The Kier molecular flexibility index (Phi) is 9.21. The van der Waals surface area contributed by atoms with Crippen LogP contribution >= 0.6 is 12.2 Å². The molecule has 0 saturated carbocycles. The summed E-state index contributed by atoms with van der Waals surface area (Å²) in [6.07, 6.45) is 2.39. The number of carbonyl (C=O) groups excluding carboxylic acids is 1. The Morgan fingerprint density at radius 2 is 1.55 bits per heavy atom. The summed E-state index contributed by atoms with van der Waals surface area (Å²) in [7, 11) is 1.59. The molecule has 8 heteroatoms. The molecule has 198 valence electrons. The fraction of sp³-hybridized carbons (Fsp3) is 0.267. The van der Waals surface area contributed by atoms with Gasteiger partial charge in [-0.05, 0) is 79.5 Å². The third-order valence-electron chi connectivity index (χ3n) is 5.93. The molecule has 3 aromatic carbocycles. The van der Waals surface area contributed by atoms with Gasteiger partial charge in [0.15, 0.2) is 28.1 Å². The largest absolute Gasteiger partial charge is 0.493 e. The minimum absolute atomic E-state index is 0.172. The van der Waals surface area contributed by atoms with Crippen molar-refractivity contribution in [1.82, 2.24) is 10.2 Å². The van der Waals surface area contributed by atoms with Gasteiger partial charge in [-0.3, -0.25) is 9.69 Å². The van der Waals surface area contributed by atoms with Gasteiger partial charge in [-0.15, -0.1) is 0 Å². The first kappa shape index (κ1) is 27.0. The first-order valence-corrected chi connectivity index (χ1v) is 13.0. The molecular weight excluding hydrogens is 500 g/mol. The van der Waals surface area contributed by atoms with E-state index in [1.807, 2.05) is 80.6 Å². The summed E-state index contributed by atoms with van der Waals surface area (Å²) < 4.78 is 22.8. The number of hydrogen-bond donors (Lipinski definition) is 1. The summed E-state index contributed by atoms with van der Waals surface area (Å²) in [5.41, 5.74) is 3.30. The van der Waals surface area contributed by atoms with Gasteiger partial charge < -0.3 is 24.3 Å². The highest BCUT2D eigenvalue weighted by Gasteiger charge is 2.30. The highest BCUT2D eigenvalue weighted by atomic mass is 32.1. The van der Waals surface area contributed by atoms with Crippen molar-refractivity contribution < 1.29 is 23.7 Å². The molecule has 1 aliphatic heterocycles. The van der Waals surface area contributed by atoms with Crippen LogP contribution < -0.4 is 24.3 Å². The number of hydrogen-bond acceptors (Lipinski definition) is 6. The fourth-order valence-corrected chi connectivity index (χ4v) is 4.35. The second-order valence-electron chi connectivity index (χ2n) is 8.53. The van der Waals surface area contributed by atoms with E-state index in [0.29, 0.717) is 66.6 Å². The molecule has 0 unspecified atom stereocenters. The lowest BCUT2D eigenvalue weighted by molar-refractivity contribution is -0.122. The fourth-order valence-electron chi connectivity index (χ4n) is 4.06.